The van der Waals surface area contributed by atoms with Gasteiger partial charge in [-0.25, -0.2) is 4.68 Å². The highest BCUT2D eigenvalue weighted by Crippen LogP contribution is 2.38. The number of ether oxygens (including phenoxy) is 1. The van der Waals surface area contributed by atoms with E-state index in [2.05, 4.69) is 58.8 Å². The zero-order chi connectivity index (χ0) is 24.7. The summed E-state index contributed by atoms with van der Waals surface area (Å²) < 4.78 is 7.29. The van der Waals surface area contributed by atoms with Crippen molar-refractivity contribution in [2.24, 2.45) is 0 Å². The molecule has 1 aliphatic rings. The standard InChI is InChI=1S/C25H29ClN4O2.CH3I/c1-4-29(5-2)15-14-27-25(31)23-22-12-6-17-16-20(32-3)11-13-21(17)24(22)30(28-23)19-9-7-18(26)8-10-19;1-2/h7-11,13,16H,4-6,12,14-15H2,1-3H3,(H,27,31);1H3. The van der Waals surface area contributed by atoms with Crippen molar-refractivity contribution in [1.82, 2.24) is 20.0 Å². The Morgan fingerprint density at radius 3 is 2.50 bits per heavy atom. The summed E-state index contributed by atoms with van der Waals surface area (Å²) >= 11 is 8.26. The molecule has 1 aromatic heterocycles. The summed E-state index contributed by atoms with van der Waals surface area (Å²) in [6.07, 6.45) is 1.59. The number of likely N-dealkylation sites (N-methyl/N-ethyl adjacent to an activating group) is 1. The molecule has 0 saturated carbocycles. The first-order chi connectivity index (χ1) is 16.5. The second-order valence-corrected chi connectivity index (χ2v) is 8.31. The number of fused-ring (bicyclic) bond motifs is 3. The van der Waals surface area contributed by atoms with Gasteiger partial charge in [0.15, 0.2) is 5.69 Å². The van der Waals surface area contributed by atoms with Crippen LogP contribution >= 0.6 is 34.2 Å². The van der Waals surface area contributed by atoms with Crippen LogP contribution in [0.25, 0.3) is 16.9 Å². The molecule has 2 aromatic carbocycles. The average Bonchev–Trinajstić information content (AvgIpc) is 3.28. The molecular formula is C26H32ClIN4O2. The highest BCUT2D eigenvalue weighted by atomic mass is 127. The summed E-state index contributed by atoms with van der Waals surface area (Å²) in [6, 6.07) is 13.6. The van der Waals surface area contributed by atoms with Crippen LogP contribution in [0.5, 0.6) is 5.75 Å². The molecule has 6 nitrogen and oxygen atoms in total. The van der Waals surface area contributed by atoms with Gasteiger partial charge in [-0.15, -0.1) is 0 Å². The molecule has 0 fully saturated rings. The van der Waals surface area contributed by atoms with E-state index in [9.17, 15) is 4.79 Å². The molecule has 0 unspecified atom stereocenters. The van der Waals surface area contributed by atoms with Gasteiger partial charge in [0.1, 0.15) is 5.75 Å². The molecule has 4 rings (SSSR count). The zero-order valence-electron chi connectivity index (χ0n) is 20.2. The Kier molecular flexibility index (Phi) is 9.79. The van der Waals surface area contributed by atoms with E-state index in [1.807, 2.05) is 39.9 Å². The van der Waals surface area contributed by atoms with Crippen LogP contribution in [0.15, 0.2) is 42.5 Å². The molecule has 1 amide bonds. The fourth-order valence-electron chi connectivity index (χ4n) is 4.26. The number of aromatic nitrogens is 2. The van der Waals surface area contributed by atoms with Gasteiger partial charge in [0, 0.05) is 29.2 Å². The molecule has 0 bridgehead atoms. The molecule has 1 heterocycles. The SMILES string of the molecule is CCN(CC)CCNC(=O)c1nn(-c2ccc(Cl)cc2)c2c1CCc1cc(OC)ccc1-2.CI. The lowest BCUT2D eigenvalue weighted by Gasteiger charge is -2.20. The first-order valence-electron chi connectivity index (χ1n) is 11.5. The Bertz CT molecular complexity index is 1110. The maximum atomic E-state index is 13.1. The Morgan fingerprint density at radius 2 is 1.85 bits per heavy atom. The van der Waals surface area contributed by atoms with Crippen LogP contribution in [0.2, 0.25) is 5.02 Å². The van der Waals surface area contributed by atoms with Crippen molar-refractivity contribution >= 4 is 40.1 Å². The van der Waals surface area contributed by atoms with Crippen molar-refractivity contribution in [3.05, 3.63) is 64.3 Å². The topological polar surface area (TPSA) is 59.4 Å². The number of hydrogen-bond acceptors (Lipinski definition) is 4. The fourth-order valence-corrected chi connectivity index (χ4v) is 4.39. The van der Waals surface area contributed by atoms with E-state index in [1.165, 1.54) is 5.56 Å². The minimum atomic E-state index is -0.127. The number of carbonyl (C=O) groups excluding carboxylic acids is 1. The number of nitrogens with one attached hydrogen (secondary N) is 1. The molecule has 0 atom stereocenters. The Balaban J connectivity index is 0.00000158. The van der Waals surface area contributed by atoms with Crippen molar-refractivity contribution in [3.8, 4) is 22.7 Å². The van der Waals surface area contributed by atoms with Crippen LogP contribution in [0, 0.1) is 0 Å². The van der Waals surface area contributed by atoms with Crippen LogP contribution in [0.4, 0.5) is 0 Å². The third kappa shape index (κ3) is 5.75. The number of rotatable bonds is 8. The van der Waals surface area contributed by atoms with Crippen LogP contribution in [0.3, 0.4) is 0 Å². The van der Waals surface area contributed by atoms with Gasteiger partial charge in [-0.05, 0) is 78.9 Å². The number of nitrogens with zero attached hydrogens (tertiary/aromatic N) is 3. The monoisotopic (exact) mass is 594 g/mol. The number of aryl methyl sites for hydroxylation is 1. The van der Waals surface area contributed by atoms with Gasteiger partial charge in [0.2, 0.25) is 0 Å². The van der Waals surface area contributed by atoms with Gasteiger partial charge in [-0.3, -0.25) is 4.79 Å². The van der Waals surface area contributed by atoms with Crippen molar-refractivity contribution in [1.29, 1.82) is 0 Å². The molecule has 3 aromatic rings. The van der Waals surface area contributed by atoms with Gasteiger partial charge in [0.05, 0.1) is 18.5 Å². The summed E-state index contributed by atoms with van der Waals surface area (Å²) in [5.74, 6) is 0.706. The van der Waals surface area contributed by atoms with Gasteiger partial charge in [-0.2, -0.15) is 5.10 Å². The fraction of sp³-hybridized carbons (Fsp3) is 0.385. The third-order valence-electron chi connectivity index (χ3n) is 6.09. The number of benzene rings is 2. The summed E-state index contributed by atoms with van der Waals surface area (Å²) in [4.78, 5) is 17.4. The number of alkyl halides is 1. The molecule has 0 saturated heterocycles. The lowest BCUT2D eigenvalue weighted by molar-refractivity contribution is 0.0942. The minimum Gasteiger partial charge on any atom is -0.497 e. The van der Waals surface area contributed by atoms with E-state index in [1.54, 1.807) is 7.11 Å². The number of halogens is 2. The average molecular weight is 595 g/mol. The summed E-state index contributed by atoms with van der Waals surface area (Å²) in [7, 11) is 1.68. The maximum absolute atomic E-state index is 13.1. The molecule has 34 heavy (non-hydrogen) atoms. The predicted octanol–water partition coefficient (Wildman–Crippen LogP) is 5.42. The normalized spacial score (nSPS) is 11.9. The van der Waals surface area contributed by atoms with E-state index in [0.29, 0.717) is 17.3 Å². The second-order valence-electron chi connectivity index (χ2n) is 7.87. The van der Waals surface area contributed by atoms with Crippen LogP contribution in [-0.4, -0.2) is 58.8 Å². The Labute approximate surface area is 220 Å². The van der Waals surface area contributed by atoms with E-state index in [-0.39, 0.29) is 5.91 Å². The summed E-state index contributed by atoms with van der Waals surface area (Å²) in [5.41, 5.74) is 5.59. The highest BCUT2D eigenvalue weighted by molar-refractivity contribution is 14.1. The first kappa shape index (κ1) is 26.5. The van der Waals surface area contributed by atoms with Crippen molar-refractivity contribution < 1.29 is 9.53 Å². The summed E-state index contributed by atoms with van der Waals surface area (Å²) in [5, 5.41) is 8.52. The molecule has 0 spiro atoms. The van der Waals surface area contributed by atoms with E-state index < -0.39 is 0 Å². The number of methoxy groups -OCH3 is 1. The van der Waals surface area contributed by atoms with E-state index in [0.717, 1.165) is 60.7 Å². The van der Waals surface area contributed by atoms with Gasteiger partial charge < -0.3 is 15.0 Å². The Hall–Kier alpha value is -2.10. The molecule has 182 valence electrons. The van der Waals surface area contributed by atoms with Crippen molar-refractivity contribution in [2.45, 2.75) is 26.7 Å². The maximum Gasteiger partial charge on any atom is 0.272 e. The lowest BCUT2D eigenvalue weighted by atomic mass is 9.88. The molecule has 1 N–H and O–H groups in total. The van der Waals surface area contributed by atoms with Crippen LogP contribution < -0.4 is 10.1 Å². The van der Waals surface area contributed by atoms with E-state index >= 15 is 0 Å². The zero-order valence-corrected chi connectivity index (χ0v) is 23.1. The molecule has 0 radical (unpaired) electrons. The molecule has 1 aliphatic carbocycles. The molecular weight excluding hydrogens is 563 g/mol. The molecule has 8 heteroatoms. The predicted molar refractivity (Wildman–Crippen MR) is 148 cm³/mol. The van der Waals surface area contributed by atoms with Crippen molar-refractivity contribution in [3.63, 3.8) is 0 Å². The quantitative estimate of drug-likeness (QED) is 0.279. The smallest absolute Gasteiger partial charge is 0.272 e. The Morgan fingerprint density at radius 1 is 1.15 bits per heavy atom. The highest BCUT2D eigenvalue weighted by Gasteiger charge is 2.29. The van der Waals surface area contributed by atoms with Gasteiger partial charge in [0.25, 0.3) is 5.91 Å². The third-order valence-corrected chi connectivity index (χ3v) is 6.34. The number of amides is 1. The minimum absolute atomic E-state index is 0.127. The molecule has 0 aliphatic heterocycles. The second kappa shape index (κ2) is 12.6. The van der Waals surface area contributed by atoms with Crippen LogP contribution in [0.1, 0.15) is 35.5 Å². The number of carbonyl (C=O) groups is 1. The number of hydrogen-bond donors (Lipinski definition) is 1. The van der Waals surface area contributed by atoms with Gasteiger partial charge >= 0.3 is 0 Å². The van der Waals surface area contributed by atoms with E-state index in [4.69, 9.17) is 21.4 Å². The largest absolute Gasteiger partial charge is 0.497 e. The van der Waals surface area contributed by atoms with Crippen molar-refractivity contribution in [2.75, 3.05) is 38.2 Å². The van der Waals surface area contributed by atoms with Crippen LogP contribution in [-0.2, 0) is 12.8 Å². The summed E-state index contributed by atoms with van der Waals surface area (Å²) in [6.45, 7) is 7.60. The first-order valence-corrected chi connectivity index (χ1v) is 14.0. The van der Waals surface area contributed by atoms with Gasteiger partial charge in [-0.1, -0.05) is 48.0 Å². The lowest BCUT2D eigenvalue weighted by Crippen LogP contribution is -2.35.